The van der Waals surface area contributed by atoms with Crippen molar-refractivity contribution in [3.63, 3.8) is 0 Å². The fraction of sp³-hybridized carbons (Fsp3) is 0.692. The van der Waals surface area contributed by atoms with Crippen LogP contribution in [0.1, 0.15) is 26.7 Å². The molecule has 0 spiro atoms. The second-order valence-electron chi connectivity index (χ2n) is 5.47. The van der Waals surface area contributed by atoms with Crippen LogP contribution in [0, 0.1) is 17.8 Å². The Hall–Kier alpha value is -1.39. The molecule has 0 bridgehead atoms. The van der Waals surface area contributed by atoms with Crippen LogP contribution >= 0.6 is 0 Å². The van der Waals surface area contributed by atoms with Gasteiger partial charge in [-0.05, 0) is 37.2 Å². The van der Waals surface area contributed by atoms with Crippen molar-refractivity contribution in [1.29, 1.82) is 0 Å². The Balaban J connectivity index is 2.07. The predicted molar refractivity (Wildman–Crippen MR) is 65.0 cm³/mol. The number of allylic oxidation sites excluding steroid dienone is 1. The number of rotatable bonds is 3. The number of carbonyl (C=O) groups is 2. The second kappa shape index (κ2) is 4.71. The van der Waals surface area contributed by atoms with Crippen molar-refractivity contribution in [2.24, 2.45) is 23.5 Å². The molecule has 2 atom stereocenters. The van der Waals surface area contributed by atoms with E-state index in [1.165, 1.54) is 4.90 Å². The Kier molecular flexibility index (Phi) is 3.41. The minimum Gasteiger partial charge on any atom is -0.369 e. The van der Waals surface area contributed by atoms with Crippen molar-refractivity contribution < 1.29 is 14.0 Å². The molecule has 0 aromatic heterocycles. The van der Waals surface area contributed by atoms with Crippen LogP contribution in [0.5, 0.6) is 0 Å². The first kappa shape index (κ1) is 13.1. The lowest BCUT2D eigenvalue weighted by atomic mass is 9.98. The van der Waals surface area contributed by atoms with Gasteiger partial charge in [0.15, 0.2) is 5.83 Å². The number of hydrogen-bond donors (Lipinski definition) is 1. The van der Waals surface area contributed by atoms with Gasteiger partial charge in [-0.2, -0.15) is 0 Å². The molecule has 2 aliphatic rings. The predicted octanol–water partition coefficient (Wildman–Crippen LogP) is 1.22. The summed E-state index contributed by atoms with van der Waals surface area (Å²) in [5.74, 6) is -1.77. The summed E-state index contributed by atoms with van der Waals surface area (Å²) in [6.07, 6.45) is 1.93. The number of likely N-dealkylation sites (tertiary alicyclic amines) is 1. The van der Waals surface area contributed by atoms with Crippen LogP contribution in [0.2, 0.25) is 0 Å². The third-order valence-electron chi connectivity index (χ3n) is 3.99. The molecule has 0 unspecified atom stereocenters. The first-order chi connectivity index (χ1) is 8.41. The van der Waals surface area contributed by atoms with E-state index in [2.05, 4.69) is 0 Å². The smallest absolute Gasteiger partial charge is 0.282 e. The topological polar surface area (TPSA) is 63.4 Å². The van der Waals surface area contributed by atoms with E-state index >= 15 is 0 Å². The standard InChI is InChI=1S/C13H19FN2O2/c1-7-5-16(6-10(7)12(15)17)13(18)11(14)8(2)9-3-4-9/h7,9-10H,3-6H2,1-2H3,(H2,15,17)/b11-8-/t7-,10-/m1/s1. The lowest BCUT2D eigenvalue weighted by Crippen LogP contribution is -2.32. The van der Waals surface area contributed by atoms with E-state index in [4.69, 9.17) is 5.73 Å². The van der Waals surface area contributed by atoms with E-state index in [9.17, 15) is 14.0 Å². The molecule has 0 aromatic rings. The zero-order chi connectivity index (χ0) is 13.4. The maximum atomic E-state index is 14.0. The zero-order valence-corrected chi connectivity index (χ0v) is 10.8. The molecule has 2 amide bonds. The maximum Gasteiger partial charge on any atom is 0.282 e. The van der Waals surface area contributed by atoms with Gasteiger partial charge in [-0.15, -0.1) is 0 Å². The summed E-state index contributed by atoms with van der Waals surface area (Å²) in [6.45, 7) is 4.17. The highest BCUT2D eigenvalue weighted by Gasteiger charge is 2.38. The molecule has 100 valence electrons. The number of nitrogens with zero attached hydrogens (tertiary/aromatic N) is 1. The van der Waals surface area contributed by atoms with Crippen molar-refractivity contribution in [3.05, 3.63) is 11.4 Å². The highest BCUT2D eigenvalue weighted by molar-refractivity contribution is 5.93. The molecule has 4 nitrogen and oxygen atoms in total. The molecule has 2 N–H and O–H groups in total. The van der Waals surface area contributed by atoms with Crippen molar-refractivity contribution in [2.75, 3.05) is 13.1 Å². The van der Waals surface area contributed by atoms with Crippen LogP contribution in [0.3, 0.4) is 0 Å². The molecule has 1 aliphatic carbocycles. The van der Waals surface area contributed by atoms with Crippen LogP contribution in [-0.2, 0) is 9.59 Å². The maximum absolute atomic E-state index is 14.0. The fourth-order valence-electron chi connectivity index (χ4n) is 2.51. The summed E-state index contributed by atoms with van der Waals surface area (Å²) in [4.78, 5) is 24.6. The summed E-state index contributed by atoms with van der Waals surface area (Å²) in [7, 11) is 0. The van der Waals surface area contributed by atoms with E-state index in [0.29, 0.717) is 12.1 Å². The van der Waals surface area contributed by atoms with Crippen molar-refractivity contribution >= 4 is 11.8 Å². The first-order valence-electron chi connectivity index (χ1n) is 6.36. The molecular formula is C13H19FN2O2. The van der Waals surface area contributed by atoms with E-state index in [1.807, 2.05) is 6.92 Å². The lowest BCUT2D eigenvalue weighted by Gasteiger charge is -2.15. The van der Waals surface area contributed by atoms with Crippen LogP contribution in [0.25, 0.3) is 0 Å². The van der Waals surface area contributed by atoms with Crippen molar-refractivity contribution in [3.8, 4) is 0 Å². The second-order valence-corrected chi connectivity index (χ2v) is 5.47. The highest BCUT2D eigenvalue weighted by Crippen LogP contribution is 2.38. The monoisotopic (exact) mass is 254 g/mol. The molecule has 1 saturated heterocycles. The summed E-state index contributed by atoms with van der Waals surface area (Å²) >= 11 is 0. The third kappa shape index (κ3) is 2.40. The Labute approximate surface area is 106 Å². The molecule has 1 heterocycles. The van der Waals surface area contributed by atoms with E-state index in [0.717, 1.165) is 12.8 Å². The van der Waals surface area contributed by atoms with Gasteiger partial charge >= 0.3 is 0 Å². The van der Waals surface area contributed by atoms with Gasteiger partial charge in [-0.25, -0.2) is 4.39 Å². The van der Waals surface area contributed by atoms with Crippen LogP contribution in [-0.4, -0.2) is 29.8 Å². The molecule has 18 heavy (non-hydrogen) atoms. The molecular weight excluding hydrogens is 235 g/mol. The minimum atomic E-state index is -0.644. The van der Waals surface area contributed by atoms with Gasteiger partial charge < -0.3 is 10.6 Å². The molecule has 2 rings (SSSR count). The molecule has 0 radical (unpaired) electrons. The van der Waals surface area contributed by atoms with E-state index < -0.39 is 17.6 Å². The largest absolute Gasteiger partial charge is 0.369 e. The summed E-state index contributed by atoms with van der Waals surface area (Å²) in [5.41, 5.74) is 5.81. The molecule has 1 aliphatic heterocycles. The number of halogens is 1. The van der Waals surface area contributed by atoms with Crippen LogP contribution < -0.4 is 5.73 Å². The Morgan fingerprint density at radius 2 is 1.89 bits per heavy atom. The fourth-order valence-corrected chi connectivity index (χ4v) is 2.51. The number of nitrogens with two attached hydrogens (primary N) is 1. The Morgan fingerprint density at radius 1 is 1.28 bits per heavy atom. The quantitative estimate of drug-likeness (QED) is 0.770. The van der Waals surface area contributed by atoms with E-state index in [-0.39, 0.29) is 24.3 Å². The van der Waals surface area contributed by atoms with Gasteiger partial charge in [0.1, 0.15) is 0 Å². The number of carbonyl (C=O) groups excluding carboxylic acids is 2. The highest BCUT2D eigenvalue weighted by atomic mass is 19.1. The van der Waals surface area contributed by atoms with Crippen LogP contribution in [0.15, 0.2) is 11.4 Å². The van der Waals surface area contributed by atoms with Crippen LogP contribution in [0.4, 0.5) is 4.39 Å². The van der Waals surface area contributed by atoms with E-state index in [1.54, 1.807) is 6.92 Å². The van der Waals surface area contributed by atoms with Gasteiger partial charge in [0.2, 0.25) is 5.91 Å². The zero-order valence-electron chi connectivity index (χ0n) is 10.8. The molecule has 0 aromatic carbocycles. The number of amides is 2. The van der Waals surface area contributed by atoms with Crippen molar-refractivity contribution in [1.82, 2.24) is 4.90 Å². The SMILES string of the molecule is C/C(=C(/F)C(=O)N1C[C@@H](C)[C@H](C(N)=O)C1)C1CC1. The minimum absolute atomic E-state index is 0.000445. The van der Waals surface area contributed by atoms with Crippen molar-refractivity contribution in [2.45, 2.75) is 26.7 Å². The molecule has 2 fully saturated rings. The van der Waals surface area contributed by atoms with Gasteiger partial charge in [0, 0.05) is 13.1 Å². The number of hydrogen-bond acceptors (Lipinski definition) is 2. The third-order valence-corrected chi connectivity index (χ3v) is 3.99. The Bertz CT molecular complexity index is 415. The lowest BCUT2D eigenvalue weighted by molar-refractivity contribution is -0.128. The summed E-state index contributed by atoms with van der Waals surface area (Å²) in [5, 5.41) is 0. The van der Waals surface area contributed by atoms with Gasteiger partial charge in [0.05, 0.1) is 5.92 Å². The number of primary amides is 1. The van der Waals surface area contributed by atoms with Gasteiger partial charge in [-0.3, -0.25) is 9.59 Å². The first-order valence-corrected chi connectivity index (χ1v) is 6.36. The average molecular weight is 254 g/mol. The normalized spacial score (nSPS) is 29.2. The van der Waals surface area contributed by atoms with Gasteiger partial charge in [-0.1, -0.05) is 6.92 Å². The molecule has 1 saturated carbocycles. The Morgan fingerprint density at radius 3 is 2.33 bits per heavy atom. The summed E-state index contributed by atoms with van der Waals surface area (Å²) < 4.78 is 14.0. The summed E-state index contributed by atoms with van der Waals surface area (Å²) in [6, 6.07) is 0. The van der Waals surface area contributed by atoms with Gasteiger partial charge in [0.25, 0.3) is 5.91 Å². The average Bonchev–Trinajstić information content (AvgIpc) is 3.09. The molecule has 5 heteroatoms.